The first-order valence-electron chi connectivity index (χ1n) is 4.58. The molecule has 0 aliphatic heterocycles. The highest BCUT2D eigenvalue weighted by Gasteiger charge is 2.31. The molecule has 0 aliphatic carbocycles. The number of nitrogens with zero attached hydrogens (tertiary/aromatic N) is 1. The Morgan fingerprint density at radius 1 is 1.43 bits per heavy atom. The van der Waals surface area contributed by atoms with Crippen LogP contribution in [0.1, 0.15) is 27.2 Å². The lowest BCUT2D eigenvalue weighted by molar-refractivity contribution is 0.257. The van der Waals surface area contributed by atoms with Crippen LogP contribution in [0, 0.1) is 11.3 Å². The highest BCUT2D eigenvalue weighted by molar-refractivity contribution is 8.29. The highest BCUT2D eigenvalue weighted by Crippen LogP contribution is 2.54. The summed E-state index contributed by atoms with van der Waals surface area (Å²) in [6.07, 6.45) is 4.47. The summed E-state index contributed by atoms with van der Waals surface area (Å²) in [6, 6.07) is 2.10. The van der Waals surface area contributed by atoms with Gasteiger partial charge in [0.05, 0.1) is 24.5 Å². The SMILES string of the molecule is CC(C)(C)S(C)(C)OC(CCl)CC#N. The zero-order chi connectivity index (χ0) is 11.4. The largest absolute Gasteiger partial charge is 0.331 e. The third-order valence-corrected chi connectivity index (χ3v) is 6.39. The van der Waals surface area contributed by atoms with Gasteiger partial charge in [-0.2, -0.15) is 5.26 Å². The number of hydrogen-bond donors (Lipinski definition) is 0. The van der Waals surface area contributed by atoms with E-state index in [2.05, 4.69) is 39.4 Å². The predicted molar refractivity (Wildman–Crippen MR) is 65.0 cm³/mol. The van der Waals surface area contributed by atoms with Gasteiger partial charge in [0.15, 0.2) is 0 Å². The maximum atomic E-state index is 8.59. The van der Waals surface area contributed by atoms with Crippen molar-refractivity contribution in [3.8, 4) is 6.07 Å². The monoisotopic (exact) mass is 237 g/mol. The summed E-state index contributed by atoms with van der Waals surface area (Å²) in [6.45, 7) is 6.46. The Labute approximate surface area is 94.1 Å². The summed E-state index contributed by atoms with van der Waals surface area (Å²) in [5, 5.41) is 8.59. The molecule has 2 nitrogen and oxygen atoms in total. The molecular formula is C10H20ClNOS. The van der Waals surface area contributed by atoms with Crippen LogP contribution in [0.25, 0.3) is 0 Å². The van der Waals surface area contributed by atoms with Crippen molar-refractivity contribution in [1.29, 1.82) is 5.26 Å². The normalized spacial score (nSPS) is 16.1. The molecule has 0 radical (unpaired) electrons. The van der Waals surface area contributed by atoms with E-state index in [-0.39, 0.29) is 10.9 Å². The lowest BCUT2D eigenvalue weighted by atomic mass is 10.3. The van der Waals surface area contributed by atoms with E-state index in [1.807, 2.05) is 0 Å². The second kappa shape index (κ2) is 5.25. The molecule has 1 atom stereocenters. The molecule has 1 unspecified atom stereocenters. The fraction of sp³-hybridized carbons (Fsp3) is 0.900. The van der Waals surface area contributed by atoms with Crippen LogP contribution in [0.2, 0.25) is 0 Å². The molecule has 0 N–H and O–H groups in total. The third-order valence-electron chi connectivity index (χ3n) is 2.34. The average Bonchev–Trinajstić information content (AvgIpc) is 2.01. The Morgan fingerprint density at radius 3 is 2.21 bits per heavy atom. The number of hydrogen-bond acceptors (Lipinski definition) is 2. The second-order valence-corrected chi connectivity index (χ2v) is 8.77. The maximum absolute atomic E-state index is 8.59. The zero-order valence-corrected chi connectivity index (χ0v) is 11.2. The predicted octanol–water partition coefficient (Wildman–Crippen LogP) is 3.30. The molecule has 14 heavy (non-hydrogen) atoms. The van der Waals surface area contributed by atoms with Gasteiger partial charge in [0.1, 0.15) is 0 Å². The molecule has 0 heterocycles. The van der Waals surface area contributed by atoms with Crippen molar-refractivity contribution in [2.45, 2.75) is 38.0 Å². The Balaban J connectivity index is 4.41. The molecule has 0 aromatic carbocycles. The molecule has 0 bridgehead atoms. The second-order valence-electron chi connectivity index (χ2n) is 4.58. The van der Waals surface area contributed by atoms with Crippen molar-refractivity contribution in [2.24, 2.45) is 0 Å². The van der Waals surface area contributed by atoms with Gasteiger partial charge in [-0.15, -0.1) is 21.9 Å². The Kier molecular flexibility index (Phi) is 5.28. The van der Waals surface area contributed by atoms with Gasteiger partial charge in [0.2, 0.25) is 0 Å². The van der Waals surface area contributed by atoms with Gasteiger partial charge in [-0.25, -0.2) is 0 Å². The molecule has 0 aromatic heterocycles. The molecule has 0 saturated carbocycles. The highest BCUT2D eigenvalue weighted by atomic mass is 35.5. The molecule has 0 fully saturated rings. The van der Waals surface area contributed by atoms with Crippen LogP contribution in [0.3, 0.4) is 0 Å². The van der Waals surface area contributed by atoms with Gasteiger partial charge >= 0.3 is 0 Å². The standard InChI is InChI=1S/C10H20ClNOS/c1-10(2,3)14(4,5)13-9(8-11)6-7-12/h9H,6,8H2,1-5H3. The van der Waals surface area contributed by atoms with Gasteiger partial charge in [0, 0.05) is 4.75 Å². The van der Waals surface area contributed by atoms with Crippen molar-refractivity contribution in [3.63, 3.8) is 0 Å². The molecule has 0 amide bonds. The van der Waals surface area contributed by atoms with Crippen molar-refractivity contribution in [2.75, 3.05) is 18.4 Å². The molecule has 4 heteroatoms. The van der Waals surface area contributed by atoms with E-state index < -0.39 is 10.3 Å². The van der Waals surface area contributed by atoms with Crippen molar-refractivity contribution >= 4 is 21.9 Å². The summed E-state index contributed by atoms with van der Waals surface area (Å²) >= 11 is 5.74. The Bertz CT molecular complexity index is 217. The summed E-state index contributed by atoms with van der Waals surface area (Å²) in [5.74, 6) is 0.389. The minimum atomic E-state index is -1.17. The number of nitriles is 1. The first kappa shape index (κ1) is 14.1. The van der Waals surface area contributed by atoms with Gasteiger partial charge in [-0.1, -0.05) is 20.8 Å². The molecular weight excluding hydrogens is 218 g/mol. The van der Waals surface area contributed by atoms with E-state index in [0.29, 0.717) is 12.3 Å². The lowest BCUT2D eigenvalue weighted by Gasteiger charge is -2.45. The summed E-state index contributed by atoms with van der Waals surface area (Å²) in [7, 11) is -1.17. The van der Waals surface area contributed by atoms with Gasteiger partial charge < -0.3 is 4.18 Å². The van der Waals surface area contributed by atoms with Crippen LogP contribution in [-0.4, -0.2) is 29.2 Å². The van der Waals surface area contributed by atoms with Crippen LogP contribution < -0.4 is 0 Å². The molecule has 0 rings (SSSR count). The lowest BCUT2D eigenvalue weighted by Crippen LogP contribution is -2.29. The fourth-order valence-electron chi connectivity index (χ4n) is 0.701. The smallest absolute Gasteiger partial charge is 0.0965 e. The minimum absolute atomic E-state index is 0.118. The maximum Gasteiger partial charge on any atom is 0.0965 e. The van der Waals surface area contributed by atoms with Crippen molar-refractivity contribution < 1.29 is 4.18 Å². The van der Waals surface area contributed by atoms with Crippen LogP contribution in [0.15, 0.2) is 0 Å². The van der Waals surface area contributed by atoms with E-state index in [9.17, 15) is 0 Å². The first-order valence-corrected chi connectivity index (χ1v) is 7.49. The third kappa shape index (κ3) is 4.08. The van der Waals surface area contributed by atoms with Crippen molar-refractivity contribution in [1.82, 2.24) is 0 Å². The first-order chi connectivity index (χ1) is 6.24. The molecule has 0 saturated heterocycles. The molecule has 0 aliphatic rings. The molecule has 84 valence electrons. The number of rotatable bonds is 4. The summed E-state index contributed by atoms with van der Waals surface area (Å²) in [5.41, 5.74) is 0. The van der Waals surface area contributed by atoms with E-state index in [4.69, 9.17) is 21.0 Å². The zero-order valence-electron chi connectivity index (χ0n) is 9.63. The molecule has 0 aromatic rings. The van der Waals surface area contributed by atoms with Gasteiger partial charge in [0.25, 0.3) is 0 Å². The molecule has 0 spiro atoms. The number of halogens is 1. The Morgan fingerprint density at radius 2 is 1.93 bits per heavy atom. The summed E-state index contributed by atoms with van der Waals surface area (Å²) in [4.78, 5) is 0. The fourth-order valence-corrected chi connectivity index (χ4v) is 2.05. The van der Waals surface area contributed by atoms with E-state index in [1.165, 1.54) is 0 Å². The average molecular weight is 238 g/mol. The van der Waals surface area contributed by atoms with Crippen LogP contribution in [-0.2, 0) is 4.18 Å². The topological polar surface area (TPSA) is 33.0 Å². The van der Waals surface area contributed by atoms with Gasteiger partial charge in [-0.05, 0) is 12.5 Å². The van der Waals surface area contributed by atoms with Crippen LogP contribution >= 0.6 is 21.9 Å². The summed E-state index contributed by atoms with van der Waals surface area (Å²) < 4.78 is 6.04. The quantitative estimate of drug-likeness (QED) is 0.703. The van der Waals surface area contributed by atoms with Crippen molar-refractivity contribution in [3.05, 3.63) is 0 Å². The van der Waals surface area contributed by atoms with Gasteiger partial charge in [-0.3, -0.25) is 0 Å². The Hall–Kier alpha value is 0.0900. The van der Waals surface area contributed by atoms with Crippen LogP contribution in [0.4, 0.5) is 0 Å². The number of alkyl halides is 1. The van der Waals surface area contributed by atoms with Crippen LogP contribution in [0.5, 0.6) is 0 Å². The minimum Gasteiger partial charge on any atom is -0.331 e. The van der Waals surface area contributed by atoms with E-state index in [0.717, 1.165) is 0 Å². The van der Waals surface area contributed by atoms with E-state index >= 15 is 0 Å². The van der Waals surface area contributed by atoms with E-state index in [1.54, 1.807) is 0 Å².